The Bertz CT molecular complexity index is 843. The summed E-state index contributed by atoms with van der Waals surface area (Å²) in [7, 11) is 3.66. The summed E-state index contributed by atoms with van der Waals surface area (Å²) in [5.74, 6) is 1.41. The third-order valence-electron chi connectivity index (χ3n) is 4.01. The number of aliphatic hydroxyl groups excluding tert-OH is 1. The Hall–Kier alpha value is -2.68. The molecule has 3 aromatic heterocycles. The number of aliphatic hydroxyl groups is 1. The highest BCUT2D eigenvalue weighted by Crippen LogP contribution is 2.27. The number of hydrogen-bond acceptors (Lipinski definition) is 7. The lowest BCUT2D eigenvalue weighted by molar-refractivity contribution is 0.0737. The molecular weight excluding hydrogens is 298 g/mol. The van der Waals surface area contributed by atoms with E-state index in [2.05, 4.69) is 20.2 Å². The van der Waals surface area contributed by atoms with Crippen LogP contribution in [0.25, 0.3) is 11.0 Å². The average Bonchev–Trinajstić information content (AvgIpc) is 3.21. The van der Waals surface area contributed by atoms with Gasteiger partial charge in [-0.15, -0.1) is 0 Å². The van der Waals surface area contributed by atoms with Gasteiger partial charge in [0, 0.05) is 20.6 Å². The van der Waals surface area contributed by atoms with Gasteiger partial charge in [-0.3, -0.25) is 9.36 Å². The Balaban J connectivity index is 1.58. The topological polar surface area (TPSA) is 94.1 Å². The van der Waals surface area contributed by atoms with E-state index in [9.17, 15) is 5.11 Å². The van der Waals surface area contributed by atoms with E-state index >= 15 is 0 Å². The van der Waals surface area contributed by atoms with Crippen LogP contribution in [0.3, 0.4) is 0 Å². The zero-order valence-corrected chi connectivity index (χ0v) is 12.9. The fourth-order valence-electron chi connectivity index (χ4n) is 2.88. The van der Waals surface area contributed by atoms with E-state index in [1.165, 1.54) is 6.33 Å². The Morgan fingerprint density at radius 2 is 2.04 bits per heavy atom. The van der Waals surface area contributed by atoms with Gasteiger partial charge in [-0.25, -0.2) is 9.97 Å². The molecule has 23 heavy (non-hydrogen) atoms. The molecule has 1 fully saturated rings. The van der Waals surface area contributed by atoms with Gasteiger partial charge in [0.15, 0.2) is 11.4 Å². The number of fused-ring (bicyclic) bond motifs is 1. The second-order valence-corrected chi connectivity index (χ2v) is 5.68. The highest BCUT2D eigenvalue weighted by Gasteiger charge is 2.35. The van der Waals surface area contributed by atoms with E-state index in [0.717, 1.165) is 16.9 Å². The van der Waals surface area contributed by atoms with Crippen LogP contribution in [0.5, 0.6) is 5.75 Å². The third-order valence-corrected chi connectivity index (χ3v) is 4.01. The number of anilines is 1. The van der Waals surface area contributed by atoms with Gasteiger partial charge in [-0.05, 0) is 0 Å². The molecule has 0 spiro atoms. The summed E-state index contributed by atoms with van der Waals surface area (Å²) in [6.45, 7) is 0.989. The fraction of sp³-hybridized carbons (Fsp3) is 0.429. The molecule has 1 aliphatic heterocycles. The minimum atomic E-state index is -0.600. The number of β-amino-alcohol motifs (C(OH)–C–C–N with tert-alkyl or cyclic N) is 1. The summed E-state index contributed by atoms with van der Waals surface area (Å²) in [4.78, 5) is 10.6. The molecule has 4 rings (SSSR count). The maximum atomic E-state index is 10.3. The Morgan fingerprint density at radius 3 is 2.83 bits per heavy atom. The van der Waals surface area contributed by atoms with Crippen LogP contribution in [0, 0.1) is 0 Å². The maximum absolute atomic E-state index is 10.3. The molecule has 9 nitrogen and oxygen atoms in total. The predicted octanol–water partition coefficient (Wildman–Crippen LogP) is -0.275. The predicted molar refractivity (Wildman–Crippen MR) is 82.1 cm³/mol. The van der Waals surface area contributed by atoms with Gasteiger partial charge in [0.1, 0.15) is 24.4 Å². The largest absolute Gasteiger partial charge is 0.482 e. The van der Waals surface area contributed by atoms with Gasteiger partial charge in [-0.2, -0.15) is 10.2 Å². The summed E-state index contributed by atoms with van der Waals surface area (Å²) < 4.78 is 9.21. The Labute approximate surface area is 132 Å². The lowest BCUT2D eigenvalue weighted by atomic mass is 10.3. The molecule has 1 saturated heterocycles. The van der Waals surface area contributed by atoms with Crippen molar-refractivity contribution in [1.82, 2.24) is 29.5 Å². The van der Waals surface area contributed by atoms with Crippen molar-refractivity contribution >= 4 is 16.9 Å². The van der Waals surface area contributed by atoms with Crippen molar-refractivity contribution in [2.24, 2.45) is 14.1 Å². The quantitative estimate of drug-likeness (QED) is 0.710. The lowest BCUT2D eigenvalue weighted by Gasteiger charge is -2.17. The van der Waals surface area contributed by atoms with E-state index in [4.69, 9.17) is 4.74 Å². The van der Waals surface area contributed by atoms with E-state index in [1.54, 1.807) is 28.0 Å². The van der Waals surface area contributed by atoms with Crippen LogP contribution in [-0.4, -0.2) is 59.9 Å². The van der Waals surface area contributed by atoms with Gasteiger partial charge in [0.25, 0.3) is 0 Å². The molecule has 0 saturated carbocycles. The summed E-state index contributed by atoms with van der Waals surface area (Å²) in [6.07, 6.45) is 5.74. The van der Waals surface area contributed by atoms with Crippen LogP contribution < -0.4 is 9.64 Å². The van der Waals surface area contributed by atoms with Crippen molar-refractivity contribution in [1.29, 1.82) is 0 Å². The first kappa shape index (κ1) is 13.9. The second kappa shape index (κ2) is 5.20. The van der Waals surface area contributed by atoms with Crippen LogP contribution in [0.15, 0.2) is 24.9 Å². The zero-order valence-electron chi connectivity index (χ0n) is 12.9. The van der Waals surface area contributed by atoms with Gasteiger partial charge in [0.2, 0.25) is 0 Å². The molecule has 0 aromatic carbocycles. The highest BCUT2D eigenvalue weighted by atomic mass is 16.5. The number of aryl methyl sites for hydroxylation is 2. The Kier molecular flexibility index (Phi) is 3.15. The van der Waals surface area contributed by atoms with Crippen molar-refractivity contribution < 1.29 is 9.84 Å². The molecule has 0 bridgehead atoms. The van der Waals surface area contributed by atoms with Crippen molar-refractivity contribution in [3.8, 4) is 5.75 Å². The third kappa shape index (κ3) is 2.38. The normalized spacial score (nSPS) is 21.3. The first-order valence-corrected chi connectivity index (χ1v) is 7.33. The van der Waals surface area contributed by atoms with Crippen molar-refractivity contribution in [3.05, 3.63) is 24.9 Å². The first-order chi connectivity index (χ1) is 11.1. The van der Waals surface area contributed by atoms with Crippen molar-refractivity contribution in [3.63, 3.8) is 0 Å². The molecule has 0 radical (unpaired) electrons. The SMILES string of the molecule is Cn1cc(O[C@@H]2CN(c3ncnc4c3cnn4C)C[C@H]2O)cn1. The zero-order chi connectivity index (χ0) is 16.0. The van der Waals surface area contributed by atoms with Crippen LogP contribution in [0.1, 0.15) is 0 Å². The Morgan fingerprint density at radius 1 is 1.17 bits per heavy atom. The molecule has 120 valence electrons. The first-order valence-electron chi connectivity index (χ1n) is 7.33. The summed E-state index contributed by atoms with van der Waals surface area (Å²) >= 11 is 0. The van der Waals surface area contributed by atoms with Crippen molar-refractivity contribution in [2.75, 3.05) is 18.0 Å². The van der Waals surface area contributed by atoms with Crippen LogP contribution in [0.2, 0.25) is 0 Å². The molecule has 0 amide bonds. The van der Waals surface area contributed by atoms with Crippen LogP contribution >= 0.6 is 0 Å². The van der Waals surface area contributed by atoms with E-state index in [-0.39, 0.29) is 6.10 Å². The number of hydrogen-bond donors (Lipinski definition) is 1. The summed E-state index contributed by atoms with van der Waals surface area (Å²) in [5, 5.41) is 19.5. The van der Waals surface area contributed by atoms with Crippen molar-refractivity contribution in [2.45, 2.75) is 12.2 Å². The van der Waals surface area contributed by atoms with Gasteiger partial charge >= 0.3 is 0 Å². The average molecular weight is 315 g/mol. The van der Waals surface area contributed by atoms with Gasteiger partial charge in [0.05, 0.1) is 30.5 Å². The minimum Gasteiger partial charge on any atom is -0.482 e. The van der Waals surface area contributed by atoms with Gasteiger partial charge < -0.3 is 14.7 Å². The number of ether oxygens (including phenoxy) is 1. The minimum absolute atomic E-state index is 0.333. The second-order valence-electron chi connectivity index (χ2n) is 5.68. The smallest absolute Gasteiger partial charge is 0.163 e. The summed E-state index contributed by atoms with van der Waals surface area (Å²) in [6, 6.07) is 0. The molecule has 0 aliphatic carbocycles. The van der Waals surface area contributed by atoms with E-state index in [0.29, 0.717) is 18.8 Å². The van der Waals surface area contributed by atoms with E-state index < -0.39 is 6.10 Å². The van der Waals surface area contributed by atoms with E-state index in [1.807, 2.05) is 19.0 Å². The number of rotatable bonds is 3. The molecule has 4 heterocycles. The number of nitrogens with zero attached hydrogens (tertiary/aromatic N) is 7. The molecule has 2 atom stereocenters. The molecule has 3 aromatic rings. The lowest BCUT2D eigenvalue weighted by Crippen LogP contribution is -2.29. The monoisotopic (exact) mass is 315 g/mol. The van der Waals surface area contributed by atoms with Crippen LogP contribution in [-0.2, 0) is 14.1 Å². The molecular formula is C14H17N7O2. The van der Waals surface area contributed by atoms with Gasteiger partial charge in [-0.1, -0.05) is 0 Å². The molecule has 1 aliphatic rings. The molecule has 0 unspecified atom stereocenters. The molecule has 9 heteroatoms. The standard InChI is InChI=1S/C14H17N7O2/c1-19-5-9(3-17-19)23-12-7-21(6-11(12)22)14-10-4-18-20(2)13(10)15-8-16-14/h3-5,8,11-12,22H,6-7H2,1-2H3/t11-,12-/m1/s1. The van der Waals surface area contributed by atoms with Crippen LogP contribution in [0.4, 0.5) is 5.82 Å². The number of aromatic nitrogens is 6. The highest BCUT2D eigenvalue weighted by molar-refractivity contribution is 5.86. The summed E-state index contributed by atoms with van der Waals surface area (Å²) in [5.41, 5.74) is 0.765. The maximum Gasteiger partial charge on any atom is 0.163 e. The fourth-order valence-corrected chi connectivity index (χ4v) is 2.88. The molecule has 1 N–H and O–H groups in total.